The maximum Gasteiger partial charge on any atom is 0.407 e. The largest absolute Gasteiger partial charge is 0.444 e. The van der Waals surface area contributed by atoms with Gasteiger partial charge in [-0.2, -0.15) is 0 Å². The van der Waals surface area contributed by atoms with Gasteiger partial charge in [0.05, 0.1) is 17.5 Å². The van der Waals surface area contributed by atoms with E-state index in [9.17, 15) is 9.59 Å². The van der Waals surface area contributed by atoms with Crippen molar-refractivity contribution in [1.82, 2.24) is 15.6 Å². The molecule has 0 radical (unpaired) electrons. The summed E-state index contributed by atoms with van der Waals surface area (Å²) >= 11 is 0. The predicted molar refractivity (Wildman–Crippen MR) is 111 cm³/mol. The molecule has 1 unspecified atom stereocenters. The van der Waals surface area contributed by atoms with Crippen molar-refractivity contribution in [3.63, 3.8) is 0 Å². The van der Waals surface area contributed by atoms with Crippen LogP contribution in [0.3, 0.4) is 0 Å². The van der Waals surface area contributed by atoms with Crippen molar-refractivity contribution in [1.29, 1.82) is 0 Å². The van der Waals surface area contributed by atoms with Gasteiger partial charge in [0, 0.05) is 18.1 Å². The van der Waals surface area contributed by atoms with Crippen LogP contribution in [-0.2, 0) is 16.0 Å². The number of alkyl carbamates (subject to hydrolysis) is 1. The van der Waals surface area contributed by atoms with E-state index in [0.29, 0.717) is 0 Å². The lowest BCUT2D eigenvalue weighted by Gasteiger charge is -2.35. The Kier molecular flexibility index (Phi) is 6.65. The monoisotopic (exact) mass is 385 g/mol. The zero-order valence-corrected chi connectivity index (χ0v) is 17.6. The van der Waals surface area contributed by atoms with Crippen LogP contribution >= 0.6 is 0 Å². The molecular formula is C22H31N3O3. The molecule has 1 aromatic carbocycles. The number of ether oxygens (including phenoxy) is 1. The van der Waals surface area contributed by atoms with E-state index in [0.717, 1.165) is 16.5 Å². The van der Waals surface area contributed by atoms with Crippen molar-refractivity contribution >= 4 is 22.9 Å². The summed E-state index contributed by atoms with van der Waals surface area (Å²) in [4.78, 5) is 29.2. The van der Waals surface area contributed by atoms with Crippen LogP contribution in [0, 0.1) is 5.92 Å². The molecule has 0 saturated heterocycles. The summed E-state index contributed by atoms with van der Waals surface area (Å²) in [6, 6.07) is 9.68. The van der Waals surface area contributed by atoms with Crippen molar-refractivity contribution in [2.24, 2.45) is 5.92 Å². The number of para-hydroxylation sites is 1. The van der Waals surface area contributed by atoms with Gasteiger partial charge in [-0.3, -0.25) is 9.78 Å². The Labute approximate surface area is 167 Å². The second-order valence-corrected chi connectivity index (χ2v) is 8.64. The molecule has 0 aliphatic carbocycles. The Morgan fingerprint density at radius 3 is 2.43 bits per heavy atom. The van der Waals surface area contributed by atoms with Gasteiger partial charge in [-0.05, 0) is 45.2 Å². The highest BCUT2D eigenvalue weighted by molar-refractivity contribution is 5.87. The first-order valence-corrected chi connectivity index (χ1v) is 9.61. The van der Waals surface area contributed by atoms with Crippen molar-refractivity contribution in [3.8, 4) is 0 Å². The first-order chi connectivity index (χ1) is 13.0. The number of fused-ring (bicyclic) bond motifs is 1. The van der Waals surface area contributed by atoms with E-state index in [2.05, 4.69) is 15.6 Å². The molecule has 1 atom stereocenters. The molecule has 0 spiro atoms. The molecule has 0 aliphatic heterocycles. The van der Waals surface area contributed by atoms with Crippen LogP contribution in [0.15, 0.2) is 36.5 Å². The van der Waals surface area contributed by atoms with Crippen LogP contribution in [-0.4, -0.2) is 34.7 Å². The molecule has 6 nitrogen and oxygen atoms in total. The van der Waals surface area contributed by atoms with Gasteiger partial charge in [0.25, 0.3) is 0 Å². The second-order valence-electron chi connectivity index (χ2n) is 8.64. The summed E-state index contributed by atoms with van der Waals surface area (Å²) in [6.07, 6.45) is 1.46. The summed E-state index contributed by atoms with van der Waals surface area (Å²) < 4.78 is 5.29. The van der Waals surface area contributed by atoms with Gasteiger partial charge in [0.15, 0.2) is 0 Å². The van der Waals surface area contributed by atoms with E-state index in [1.165, 1.54) is 0 Å². The molecular weight excluding hydrogens is 354 g/mol. The van der Waals surface area contributed by atoms with Gasteiger partial charge >= 0.3 is 6.09 Å². The Bertz CT molecular complexity index is 837. The quantitative estimate of drug-likeness (QED) is 0.792. The summed E-state index contributed by atoms with van der Waals surface area (Å²) in [6.45, 7) is 11.7. The zero-order chi connectivity index (χ0) is 20.9. The fraction of sp³-hybridized carbons (Fsp3) is 0.500. The molecule has 2 amide bonds. The standard InChI is InChI=1S/C22H31N3O3/c1-15(2)22(6,14-24-20(27)28-21(3,4)5)25-18(26)13-17-10-7-9-16-11-8-12-23-19(16)17/h7-12,15H,13-14H2,1-6H3,(H,24,27)(H,25,26). The van der Waals surface area contributed by atoms with Crippen LogP contribution in [0.1, 0.15) is 47.1 Å². The first kappa shape index (κ1) is 21.7. The first-order valence-electron chi connectivity index (χ1n) is 9.61. The smallest absolute Gasteiger partial charge is 0.407 e. The van der Waals surface area contributed by atoms with Crippen molar-refractivity contribution in [2.45, 2.75) is 59.1 Å². The number of nitrogens with one attached hydrogen (secondary N) is 2. The van der Waals surface area contributed by atoms with Crippen molar-refractivity contribution in [3.05, 3.63) is 42.1 Å². The molecule has 6 heteroatoms. The number of pyridine rings is 1. The molecule has 2 N–H and O–H groups in total. The minimum atomic E-state index is -0.605. The van der Waals surface area contributed by atoms with Gasteiger partial charge in [0.1, 0.15) is 5.60 Å². The number of hydrogen-bond acceptors (Lipinski definition) is 4. The highest BCUT2D eigenvalue weighted by Gasteiger charge is 2.31. The predicted octanol–water partition coefficient (Wildman–Crippen LogP) is 3.83. The molecule has 152 valence electrons. The Hall–Kier alpha value is -2.63. The van der Waals surface area contributed by atoms with E-state index in [1.807, 2.05) is 71.9 Å². The zero-order valence-electron chi connectivity index (χ0n) is 17.6. The number of carbonyl (C=O) groups is 2. The minimum Gasteiger partial charge on any atom is -0.444 e. The maximum absolute atomic E-state index is 12.8. The SMILES string of the molecule is CC(C)C(C)(CNC(=O)OC(C)(C)C)NC(=O)Cc1cccc2cccnc12. The lowest BCUT2D eigenvalue weighted by molar-refractivity contribution is -0.122. The van der Waals surface area contributed by atoms with E-state index < -0.39 is 17.2 Å². The fourth-order valence-electron chi connectivity index (χ4n) is 2.81. The highest BCUT2D eigenvalue weighted by Crippen LogP contribution is 2.19. The third-order valence-electron chi connectivity index (χ3n) is 4.77. The number of benzene rings is 1. The number of aromatic nitrogens is 1. The number of nitrogens with zero attached hydrogens (tertiary/aromatic N) is 1. The van der Waals surface area contributed by atoms with Crippen molar-refractivity contribution in [2.75, 3.05) is 6.54 Å². The molecule has 28 heavy (non-hydrogen) atoms. The number of carbonyl (C=O) groups excluding carboxylic acids is 2. The van der Waals surface area contributed by atoms with Crippen LogP contribution in [0.4, 0.5) is 4.79 Å². The fourth-order valence-corrected chi connectivity index (χ4v) is 2.81. The summed E-state index contributed by atoms with van der Waals surface area (Å²) in [5.74, 6) is -0.00243. The third-order valence-corrected chi connectivity index (χ3v) is 4.77. The lowest BCUT2D eigenvalue weighted by atomic mass is 9.88. The molecule has 0 bridgehead atoms. The van der Waals surface area contributed by atoms with Crippen LogP contribution in [0.25, 0.3) is 10.9 Å². The van der Waals surface area contributed by atoms with Gasteiger partial charge < -0.3 is 15.4 Å². The molecule has 1 heterocycles. The average molecular weight is 386 g/mol. The molecule has 2 aromatic rings. The number of rotatable bonds is 6. The number of hydrogen-bond donors (Lipinski definition) is 2. The Morgan fingerprint density at radius 2 is 1.79 bits per heavy atom. The van der Waals surface area contributed by atoms with Crippen LogP contribution in [0.5, 0.6) is 0 Å². The Balaban J connectivity index is 2.06. The summed E-state index contributed by atoms with van der Waals surface area (Å²) in [5, 5.41) is 6.86. The van der Waals surface area contributed by atoms with Crippen LogP contribution in [0.2, 0.25) is 0 Å². The van der Waals surface area contributed by atoms with Crippen molar-refractivity contribution < 1.29 is 14.3 Å². The van der Waals surface area contributed by atoms with Gasteiger partial charge in [-0.15, -0.1) is 0 Å². The summed E-state index contributed by atoms with van der Waals surface area (Å²) in [7, 11) is 0. The van der Waals surface area contributed by atoms with Gasteiger partial charge in [-0.1, -0.05) is 38.1 Å². The topological polar surface area (TPSA) is 80.3 Å². The Morgan fingerprint density at radius 1 is 1.11 bits per heavy atom. The molecule has 1 aromatic heterocycles. The third kappa shape index (κ3) is 5.94. The van der Waals surface area contributed by atoms with E-state index >= 15 is 0 Å². The maximum atomic E-state index is 12.8. The van der Waals surface area contributed by atoms with Gasteiger partial charge in [-0.25, -0.2) is 4.79 Å². The van der Waals surface area contributed by atoms with Crippen LogP contribution < -0.4 is 10.6 Å². The van der Waals surface area contributed by atoms with E-state index in [-0.39, 0.29) is 24.8 Å². The molecule has 0 saturated carbocycles. The average Bonchev–Trinajstić information content (AvgIpc) is 2.59. The van der Waals surface area contributed by atoms with E-state index in [4.69, 9.17) is 4.74 Å². The molecule has 0 fully saturated rings. The highest BCUT2D eigenvalue weighted by atomic mass is 16.6. The minimum absolute atomic E-state index is 0.108. The number of amides is 2. The van der Waals surface area contributed by atoms with Gasteiger partial charge in [0.2, 0.25) is 5.91 Å². The normalized spacial score (nSPS) is 13.8. The summed E-state index contributed by atoms with van der Waals surface area (Å²) in [5.41, 5.74) is 0.537. The lowest BCUT2D eigenvalue weighted by Crippen LogP contribution is -2.57. The molecule has 2 rings (SSSR count). The second kappa shape index (κ2) is 8.59. The van der Waals surface area contributed by atoms with E-state index in [1.54, 1.807) is 6.20 Å². The molecule has 0 aliphatic rings.